The van der Waals surface area contributed by atoms with E-state index in [0.717, 1.165) is 6.42 Å². The molecule has 0 atom stereocenters. The van der Waals surface area contributed by atoms with Gasteiger partial charge in [-0.25, -0.2) is 0 Å². The Balaban J connectivity index is 2.49. The summed E-state index contributed by atoms with van der Waals surface area (Å²) in [6, 6.07) is 0.224. The Hall–Kier alpha value is -0.570. The first-order valence-electron chi connectivity index (χ1n) is 4.49. The highest BCUT2D eigenvalue weighted by atomic mass is 16.5. The molecular weight excluding hydrogens is 154 g/mol. The smallest absolute Gasteiger partial charge is 0.231 e. The molecule has 1 fully saturated rings. The molecule has 0 aliphatic carbocycles. The summed E-state index contributed by atoms with van der Waals surface area (Å²) in [4.78, 5) is 11.6. The summed E-state index contributed by atoms with van der Waals surface area (Å²) < 4.78 is 5.07. The minimum atomic E-state index is -0.218. The number of carbonyl (C=O) groups is 1. The van der Waals surface area contributed by atoms with Crippen molar-refractivity contribution in [1.82, 2.24) is 5.32 Å². The van der Waals surface area contributed by atoms with Gasteiger partial charge in [-0.3, -0.25) is 4.79 Å². The van der Waals surface area contributed by atoms with Gasteiger partial charge in [0.15, 0.2) is 0 Å². The van der Waals surface area contributed by atoms with Crippen molar-refractivity contribution >= 4 is 5.91 Å². The maximum Gasteiger partial charge on any atom is 0.231 e. The van der Waals surface area contributed by atoms with Crippen LogP contribution in [0.25, 0.3) is 0 Å². The van der Waals surface area contributed by atoms with Crippen LogP contribution in [0.3, 0.4) is 0 Å². The maximum atomic E-state index is 11.6. The lowest BCUT2D eigenvalue weighted by molar-refractivity contribution is -0.162. The number of ether oxygens (including phenoxy) is 1. The predicted molar refractivity (Wildman–Crippen MR) is 46.8 cm³/mol. The minimum Gasteiger partial charge on any atom is -0.379 e. The summed E-state index contributed by atoms with van der Waals surface area (Å²) in [5.41, 5.74) is -0.218. The molecule has 0 aromatic carbocycles. The standard InChI is InChI=1S/C9H17NO2/c1-4-9(5-12-6-9)8(11)10-7(2)3/h7H,4-6H2,1-3H3,(H,10,11). The first-order chi connectivity index (χ1) is 5.60. The van der Waals surface area contributed by atoms with Gasteiger partial charge >= 0.3 is 0 Å². The largest absolute Gasteiger partial charge is 0.379 e. The lowest BCUT2D eigenvalue weighted by Gasteiger charge is -2.39. The third-order valence-electron chi connectivity index (χ3n) is 2.33. The van der Waals surface area contributed by atoms with E-state index < -0.39 is 0 Å². The lowest BCUT2D eigenvalue weighted by atomic mass is 9.82. The summed E-state index contributed by atoms with van der Waals surface area (Å²) in [6.45, 7) is 7.15. The van der Waals surface area contributed by atoms with Crippen LogP contribution in [0.1, 0.15) is 27.2 Å². The van der Waals surface area contributed by atoms with Crippen molar-refractivity contribution in [3.63, 3.8) is 0 Å². The second-order valence-electron chi connectivity index (χ2n) is 3.75. The molecule has 1 N–H and O–H groups in total. The molecule has 1 rings (SSSR count). The van der Waals surface area contributed by atoms with Crippen LogP contribution in [0.2, 0.25) is 0 Å². The molecule has 1 aliphatic rings. The zero-order valence-electron chi connectivity index (χ0n) is 8.02. The fraction of sp³-hybridized carbons (Fsp3) is 0.889. The van der Waals surface area contributed by atoms with Crippen LogP contribution in [0, 0.1) is 5.41 Å². The molecule has 1 heterocycles. The SMILES string of the molecule is CCC1(C(=O)NC(C)C)COC1. The minimum absolute atomic E-state index is 0.145. The van der Waals surface area contributed by atoms with Crippen LogP contribution in [0.4, 0.5) is 0 Å². The summed E-state index contributed by atoms with van der Waals surface area (Å²) in [5.74, 6) is 0.145. The molecule has 3 heteroatoms. The molecule has 0 unspecified atom stereocenters. The zero-order chi connectivity index (χ0) is 9.19. The van der Waals surface area contributed by atoms with E-state index in [2.05, 4.69) is 5.32 Å². The average Bonchev–Trinajstić information content (AvgIpc) is 1.83. The number of hydrogen-bond acceptors (Lipinski definition) is 2. The fourth-order valence-corrected chi connectivity index (χ4v) is 1.26. The molecule has 0 bridgehead atoms. The molecule has 0 aromatic heterocycles. The van der Waals surface area contributed by atoms with Crippen molar-refractivity contribution in [2.45, 2.75) is 33.2 Å². The molecule has 3 nitrogen and oxygen atoms in total. The van der Waals surface area contributed by atoms with Crippen LogP contribution in [-0.2, 0) is 9.53 Å². The van der Waals surface area contributed by atoms with Gasteiger partial charge in [-0.05, 0) is 20.3 Å². The van der Waals surface area contributed by atoms with Crippen molar-refractivity contribution in [1.29, 1.82) is 0 Å². The molecule has 12 heavy (non-hydrogen) atoms. The van der Waals surface area contributed by atoms with E-state index >= 15 is 0 Å². The summed E-state index contributed by atoms with van der Waals surface area (Å²) >= 11 is 0. The van der Waals surface area contributed by atoms with E-state index in [4.69, 9.17) is 4.74 Å². The van der Waals surface area contributed by atoms with Gasteiger partial charge in [0.05, 0.1) is 18.6 Å². The van der Waals surface area contributed by atoms with Gasteiger partial charge in [-0.15, -0.1) is 0 Å². The third-order valence-corrected chi connectivity index (χ3v) is 2.33. The highest BCUT2D eigenvalue weighted by Gasteiger charge is 2.44. The van der Waals surface area contributed by atoms with Gasteiger partial charge in [0.1, 0.15) is 0 Å². The fourth-order valence-electron chi connectivity index (χ4n) is 1.26. The van der Waals surface area contributed by atoms with Crippen LogP contribution in [0.15, 0.2) is 0 Å². The van der Waals surface area contributed by atoms with Crippen molar-refractivity contribution in [3.05, 3.63) is 0 Å². The van der Waals surface area contributed by atoms with Gasteiger partial charge in [-0.1, -0.05) is 6.92 Å². The monoisotopic (exact) mass is 171 g/mol. The molecular formula is C9H17NO2. The molecule has 1 saturated heterocycles. The second-order valence-corrected chi connectivity index (χ2v) is 3.75. The van der Waals surface area contributed by atoms with Gasteiger partial charge < -0.3 is 10.1 Å². The van der Waals surface area contributed by atoms with Crippen molar-refractivity contribution in [2.75, 3.05) is 13.2 Å². The number of hydrogen-bond donors (Lipinski definition) is 1. The Bertz CT molecular complexity index is 168. The Morgan fingerprint density at radius 2 is 2.17 bits per heavy atom. The maximum absolute atomic E-state index is 11.6. The third kappa shape index (κ3) is 1.61. The highest BCUT2D eigenvalue weighted by Crippen LogP contribution is 2.31. The quantitative estimate of drug-likeness (QED) is 0.686. The molecule has 0 saturated carbocycles. The molecule has 0 spiro atoms. The van der Waals surface area contributed by atoms with E-state index in [9.17, 15) is 4.79 Å². The first kappa shape index (κ1) is 9.52. The number of carbonyl (C=O) groups excluding carboxylic acids is 1. The van der Waals surface area contributed by atoms with E-state index in [-0.39, 0.29) is 17.4 Å². The second kappa shape index (κ2) is 3.44. The summed E-state index contributed by atoms with van der Waals surface area (Å²) in [6.07, 6.45) is 0.867. The predicted octanol–water partition coefficient (Wildman–Crippen LogP) is 0.938. The van der Waals surface area contributed by atoms with Crippen LogP contribution in [0.5, 0.6) is 0 Å². The molecule has 1 aliphatic heterocycles. The number of rotatable bonds is 3. The Morgan fingerprint density at radius 1 is 1.58 bits per heavy atom. The number of nitrogens with one attached hydrogen (secondary N) is 1. The molecule has 70 valence electrons. The zero-order valence-corrected chi connectivity index (χ0v) is 8.02. The Kier molecular flexibility index (Phi) is 2.73. The van der Waals surface area contributed by atoms with Gasteiger partial charge in [0, 0.05) is 6.04 Å². The normalized spacial score (nSPS) is 20.3. The van der Waals surface area contributed by atoms with Crippen molar-refractivity contribution < 1.29 is 9.53 Å². The van der Waals surface area contributed by atoms with E-state index in [1.54, 1.807) is 0 Å². The Labute approximate surface area is 73.5 Å². The van der Waals surface area contributed by atoms with Crippen LogP contribution >= 0.6 is 0 Å². The van der Waals surface area contributed by atoms with Crippen molar-refractivity contribution in [2.24, 2.45) is 5.41 Å². The first-order valence-corrected chi connectivity index (χ1v) is 4.49. The van der Waals surface area contributed by atoms with E-state index in [1.807, 2.05) is 20.8 Å². The lowest BCUT2D eigenvalue weighted by Crippen LogP contribution is -2.54. The van der Waals surface area contributed by atoms with Gasteiger partial charge in [-0.2, -0.15) is 0 Å². The highest BCUT2D eigenvalue weighted by molar-refractivity contribution is 5.83. The van der Waals surface area contributed by atoms with E-state index in [0.29, 0.717) is 13.2 Å². The molecule has 0 aromatic rings. The van der Waals surface area contributed by atoms with Crippen molar-refractivity contribution in [3.8, 4) is 0 Å². The average molecular weight is 171 g/mol. The topological polar surface area (TPSA) is 38.3 Å². The molecule has 0 radical (unpaired) electrons. The molecule has 1 amide bonds. The van der Waals surface area contributed by atoms with E-state index in [1.165, 1.54) is 0 Å². The summed E-state index contributed by atoms with van der Waals surface area (Å²) in [5, 5.41) is 2.92. The van der Waals surface area contributed by atoms with Gasteiger partial charge in [0.25, 0.3) is 0 Å². The number of amides is 1. The van der Waals surface area contributed by atoms with Crippen LogP contribution in [-0.4, -0.2) is 25.2 Å². The van der Waals surface area contributed by atoms with Crippen LogP contribution < -0.4 is 5.32 Å². The summed E-state index contributed by atoms with van der Waals surface area (Å²) in [7, 11) is 0. The Morgan fingerprint density at radius 3 is 2.42 bits per heavy atom. The van der Waals surface area contributed by atoms with Gasteiger partial charge in [0.2, 0.25) is 5.91 Å².